The summed E-state index contributed by atoms with van der Waals surface area (Å²) in [7, 11) is -6.88. The Morgan fingerprint density at radius 2 is 1.18 bits per heavy atom. The summed E-state index contributed by atoms with van der Waals surface area (Å²) in [5.74, 6) is -0.0619. The van der Waals surface area contributed by atoms with E-state index in [1.54, 1.807) is 0 Å². The number of hydrogen-bond donors (Lipinski definition) is 2. The van der Waals surface area contributed by atoms with Crippen LogP contribution in [0.1, 0.15) is 28.8 Å². The third kappa shape index (κ3) is 6.99. The molecule has 0 saturated heterocycles. The number of hydrogen-bond acceptors (Lipinski definition) is 3. The van der Waals surface area contributed by atoms with Crippen molar-refractivity contribution in [2.75, 3.05) is 0 Å². The van der Waals surface area contributed by atoms with Crippen LogP contribution in [0.25, 0.3) is 0 Å². The van der Waals surface area contributed by atoms with Crippen molar-refractivity contribution < 1.29 is 8.42 Å². The van der Waals surface area contributed by atoms with Crippen LogP contribution in [0.2, 0.25) is 39.3 Å². The molecule has 0 spiro atoms. The Bertz CT molecular complexity index is 1170. The normalized spacial score (nSPS) is 14.6. The molecule has 0 aliphatic heterocycles. The number of sulfonamides is 1. The molecule has 0 aliphatic carbocycles. The first-order valence-electron chi connectivity index (χ1n) is 11.8. The van der Waals surface area contributed by atoms with Crippen LogP contribution in [0.15, 0.2) is 78.9 Å². The van der Waals surface area contributed by atoms with E-state index in [2.05, 4.69) is 62.2 Å². The fraction of sp³-hybridized carbons (Fsp3) is 0.333. The summed E-state index contributed by atoms with van der Waals surface area (Å²) in [6.45, 7) is 13.8. The van der Waals surface area contributed by atoms with Crippen LogP contribution in [-0.2, 0) is 15.8 Å². The lowest BCUT2D eigenvalue weighted by Gasteiger charge is -2.27. The van der Waals surface area contributed by atoms with Gasteiger partial charge < -0.3 is 5.73 Å². The Kier molecular flexibility index (Phi) is 8.04. The van der Waals surface area contributed by atoms with E-state index in [0.29, 0.717) is 0 Å². The second-order valence-corrected chi connectivity index (χ2v) is 23.0. The van der Waals surface area contributed by atoms with Gasteiger partial charge in [0.25, 0.3) is 0 Å². The van der Waals surface area contributed by atoms with E-state index in [1.807, 2.05) is 60.7 Å². The molecule has 0 aromatic heterocycles. The third-order valence-corrected chi connectivity index (χ3v) is 11.5. The minimum atomic E-state index is -3.66. The Balaban J connectivity index is 1.97. The largest absolute Gasteiger partial charge is 0.322 e. The third-order valence-electron chi connectivity index (χ3n) is 6.09. The van der Waals surface area contributed by atoms with Gasteiger partial charge in [-0.2, -0.15) is 0 Å². The van der Waals surface area contributed by atoms with Crippen molar-refractivity contribution in [2.24, 2.45) is 5.73 Å². The van der Waals surface area contributed by atoms with Crippen LogP contribution in [0.5, 0.6) is 0 Å². The average molecular weight is 511 g/mol. The highest BCUT2D eigenvalue weighted by Gasteiger charge is 2.28. The summed E-state index contributed by atoms with van der Waals surface area (Å²) in [5.41, 5.74) is 9.21. The fourth-order valence-corrected chi connectivity index (χ4v) is 7.89. The van der Waals surface area contributed by atoms with Crippen LogP contribution in [-0.4, -0.2) is 24.6 Å². The average Bonchev–Trinajstić information content (AvgIpc) is 2.76. The van der Waals surface area contributed by atoms with Gasteiger partial charge in [-0.15, -0.1) is 0 Å². The molecule has 0 heterocycles. The lowest BCUT2D eigenvalue weighted by molar-refractivity contribution is 0.503. The SMILES string of the molecule is C[Si](C)(C)c1cc(CS(=O)(=O)NC(c2ccccc2)C(N)c2ccccc2)cc([Si](C)(C)C)c1. The molecule has 0 amide bonds. The van der Waals surface area contributed by atoms with E-state index in [0.717, 1.165) is 16.7 Å². The van der Waals surface area contributed by atoms with Crippen LogP contribution in [0.4, 0.5) is 0 Å². The fourth-order valence-electron chi connectivity index (χ4n) is 3.97. The van der Waals surface area contributed by atoms with Crippen molar-refractivity contribution in [1.82, 2.24) is 4.72 Å². The molecular weight excluding hydrogens is 473 g/mol. The topological polar surface area (TPSA) is 72.2 Å². The Labute approximate surface area is 207 Å². The molecule has 2 atom stereocenters. The molecular formula is C27H38N2O2SSi2. The first kappa shape index (κ1) is 26.6. The van der Waals surface area contributed by atoms with E-state index < -0.39 is 38.3 Å². The van der Waals surface area contributed by atoms with E-state index in [-0.39, 0.29) is 5.75 Å². The molecule has 3 N–H and O–H groups in total. The zero-order valence-corrected chi connectivity index (χ0v) is 24.0. The van der Waals surface area contributed by atoms with Gasteiger partial charge in [0, 0.05) is 0 Å². The van der Waals surface area contributed by atoms with Gasteiger partial charge in [0.05, 0.1) is 34.0 Å². The minimum absolute atomic E-state index is 0.0619. The minimum Gasteiger partial charge on any atom is -0.322 e. The molecule has 4 nitrogen and oxygen atoms in total. The highest BCUT2D eigenvalue weighted by atomic mass is 32.2. The van der Waals surface area contributed by atoms with Gasteiger partial charge in [-0.3, -0.25) is 0 Å². The smallest absolute Gasteiger partial charge is 0.216 e. The van der Waals surface area contributed by atoms with Crippen LogP contribution < -0.4 is 20.8 Å². The van der Waals surface area contributed by atoms with Crippen molar-refractivity contribution in [3.63, 3.8) is 0 Å². The first-order chi connectivity index (χ1) is 15.8. The zero-order valence-electron chi connectivity index (χ0n) is 21.2. The summed E-state index contributed by atoms with van der Waals surface area (Å²) < 4.78 is 29.9. The van der Waals surface area contributed by atoms with Gasteiger partial charge >= 0.3 is 0 Å². The summed E-state index contributed by atoms with van der Waals surface area (Å²) >= 11 is 0. The lowest BCUT2D eigenvalue weighted by Crippen LogP contribution is -2.45. The molecule has 0 saturated carbocycles. The maximum atomic E-state index is 13.5. The summed E-state index contributed by atoms with van der Waals surface area (Å²) in [4.78, 5) is 0. The predicted octanol–water partition coefficient (Wildman–Crippen LogP) is 4.64. The number of nitrogens with two attached hydrogens (primary N) is 1. The van der Waals surface area contributed by atoms with Gasteiger partial charge in [-0.05, 0) is 16.7 Å². The summed E-state index contributed by atoms with van der Waals surface area (Å²) in [6.07, 6.45) is 0. The molecule has 7 heteroatoms. The number of rotatable bonds is 9. The molecule has 0 bridgehead atoms. The molecule has 2 unspecified atom stereocenters. The molecule has 0 aliphatic rings. The quantitative estimate of drug-likeness (QED) is 0.412. The van der Waals surface area contributed by atoms with Crippen molar-refractivity contribution in [3.05, 3.63) is 95.6 Å². The van der Waals surface area contributed by atoms with E-state index in [9.17, 15) is 8.42 Å². The Morgan fingerprint density at radius 3 is 1.62 bits per heavy atom. The summed E-state index contributed by atoms with van der Waals surface area (Å²) in [5, 5.41) is 2.61. The molecule has 34 heavy (non-hydrogen) atoms. The lowest BCUT2D eigenvalue weighted by atomic mass is 9.95. The highest BCUT2D eigenvalue weighted by Crippen LogP contribution is 2.28. The van der Waals surface area contributed by atoms with Crippen molar-refractivity contribution in [3.8, 4) is 0 Å². The molecule has 3 aromatic rings. The van der Waals surface area contributed by atoms with E-state index >= 15 is 0 Å². The van der Waals surface area contributed by atoms with Gasteiger partial charge in [0.15, 0.2) is 0 Å². The zero-order chi connectivity index (χ0) is 25.1. The van der Waals surface area contributed by atoms with Crippen LogP contribution in [0, 0.1) is 0 Å². The predicted molar refractivity (Wildman–Crippen MR) is 151 cm³/mol. The molecule has 182 valence electrons. The van der Waals surface area contributed by atoms with E-state index in [1.165, 1.54) is 10.4 Å². The Morgan fingerprint density at radius 1 is 0.735 bits per heavy atom. The van der Waals surface area contributed by atoms with Crippen LogP contribution >= 0.6 is 0 Å². The summed E-state index contributed by atoms with van der Waals surface area (Å²) in [6, 6.07) is 24.7. The van der Waals surface area contributed by atoms with Crippen LogP contribution in [0.3, 0.4) is 0 Å². The van der Waals surface area contributed by atoms with Gasteiger partial charge in [0.1, 0.15) is 0 Å². The second kappa shape index (κ2) is 10.3. The highest BCUT2D eigenvalue weighted by molar-refractivity contribution is 7.88. The van der Waals surface area contributed by atoms with Gasteiger partial charge in [0.2, 0.25) is 10.0 Å². The first-order valence-corrected chi connectivity index (χ1v) is 20.4. The van der Waals surface area contributed by atoms with Crippen molar-refractivity contribution in [1.29, 1.82) is 0 Å². The number of benzene rings is 3. The second-order valence-electron chi connectivity index (χ2n) is 11.1. The molecule has 3 aromatic carbocycles. The standard InChI is InChI=1S/C27H38N2O2SSi2/c1-33(2,3)24-17-21(18-25(19-24)34(4,5)6)20-32(30,31)29-27(23-15-11-8-12-16-23)26(28)22-13-9-7-10-14-22/h7-19,26-27,29H,20,28H2,1-6H3. The van der Waals surface area contributed by atoms with Gasteiger partial charge in [-0.1, -0.05) is 129 Å². The molecule has 0 radical (unpaired) electrons. The van der Waals surface area contributed by atoms with E-state index in [4.69, 9.17) is 5.73 Å². The van der Waals surface area contributed by atoms with Crippen molar-refractivity contribution in [2.45, 2.75) is 57.1 Å². The van der Waals surface area contributed by atoms with Crippen molar-refractivity contribution >= 4 is 36.5 Å². The Hall–Kier alpha value is -2.04. The maximum Gasteiger partial charge on any atom is 0.216 e. The molecule has 3 rings (SSSR count). The monoisotopic (exact) mass is 510 g/mol. The number of nitrogens with one attached hydrogen (secondary N) is 1. The van der Waals surface area contributed by atoms with Gasteiger partial charge in [-0.25, -0.2) is 13.1 Å². The molecule has 0 fully saturated rings. The maximum absolute atomic E-state index is 13.5.